The van der Waals surface area contributed by atoms with Gasteiger partial charge in [-0.2, -0.15) is 0 Å². The van der Waals surface area contributed by atoms with E-state index in [1.54, 1.807) is 11.3 Å². The van der Waals surface area contributed by atoms with Crippen LogP contribution in [0.2, 0.25) is 0 Å². The highest BCUT2D eigenvalue weighted by atomic mass is 32.1. The molecule has 5 nitrogen and oxygen atoms in total. The Labute approximate surface area is 373 Å². The first-order chi connectivity index (χ1) is 31.7. The van der Waals surface area contributed by atoms with Crippen molar-refractivity contribution in [3.8, 4) is 79.4 Å². The van der Waals surface area contributed by atoms with Gasteiger partial charge in [0.25, 0.3) is 0 Å². The number of fused-ring (bicyclic) bond motifs is 8. The molecule has 0 amide bonds. The summed E-state index contributed by atoms with van der Waals surface area (Å²) in [7, 11) is 0. The van der Waals surface area contributed by atoms with E-state index in [2.05, 4.69) is 127 Å². The second-order valence-corrected chi connectivity index (χ2v) is 17.4. The molecule has 1 aliphatic heterocycles. The first-order valence-corrected chi connectivity index (χ1v) is 22.2. The molecular weight excluding hydrogens is 803 g/mol. The van der Waals surface area contributed by atoms with Gasteiger partial charge in [0.1, 0.15) is 0 Å². The van der Waals surface area contributed by atoms with Gasteiger partial charge in [0, 0.05) is 36.9 Å². The van der Waals surface area contributed by atoms with Crippen molar-refractivity contribution < 1.29 is 9.47 Å². The second-order valence-electron chi connectivity index (χ2n) is 16.3. The maximum Gasteiger partial charge on any atom is 0.170 e. The van der Waals surface area contributed by atoms with E-state index < -0.39 is 5.41 Å². The largest absolute Gasteiger partial charge is 0.450 e. The Kier molecular flexibility index (Phi) is 8.23. The highest BCUT2D eigenvalue weighted by molar-refractivity contribution is 7.25. The van der Waals surface area contributed by atoms with Crippen LogP contribution >= 0.6 is 11.3 Å². The number of benzene rings is 9. The lowest BCUT2D eigenvalue weighted by Gasteiger charge is -2.34. The number of aromatic nitrogens is 3. The lowest BCUT2D eigenvalue weighted by molar-refractivity contribution is 0.359. The topological polar surface area (TPSA) is 57.1 Å². The highest BCUT2D eigenvalue weighted by Gasteiger charge is 2.46. The molecule has 0 saturated heterocycles. The zero-order chi connectivity index (χ0) is 42.2. The van der Waals surface area contributed by atoms with Gasteiger partial charge in [-0.05, 0) is 99.1 Å². The molecule has 0 radical (unpaired) electrons. The Balaban J connectivity index is 0.918. The number of nitrogens with zero attached hydrogens (tertiary/aromatic N) is 3. The van der Waals surface area contributed by atoms with Crippen LogP contribution in [-0.2, 0) is 5.41 Å². The lowest BCUT2D eigenvalue weighted by atomic mass is 9.67. The molecule has 1 aliphatic carbocycles. The summed E-state index contributed by atoms with van der Waals surface area (Å²) >= 11 is 1.81. The van der Waals surface area contributed by atoms with E-state index in [1.165, 1.54) is 48.0 Å². The third kappa shape index (κ3) is 5.73. The zero-order valence-electron chi connectivity index (χ0n) is 34.3. The number of hydrogen-bond acceptors (Lipinski definition) is 6. The fourth-order valence-electron chi connectivity index (χ4n) is 9.73. The van der Waals surface area contributed by atoms with Crippen molar-refractivity contribution in [2.45, 2.75) is 5.41 Å². The molecule has 64 heavy (non-hydrogen) atoms. The molecule has 0 bridgehead atoms. The zero-order valence-corrected chi connectivity index (χ0v) is 35.1. The third-order valence-corrected chi connectivity index (χ3v) is 13.8. The van der Waals surface area contributed by atoms with E-state index >= 15 is 0 Å². The Morgan fingerprint density at radius 2 is 0.781 bits per heavy atom. The van der Waals surface area contributed by atoms with Gasteiger partial charge >= 0.3 is 0 Å². The molecule has 0 fully saturated rings. The summed E-state index contributed by atoms with van der Waals surface area (Å²) in [5.74, 6) is 4.79. The van der Waals surface area contributed by atoms with Crippen LogP contribution in [0.1, 0.15) is 22.3 Å². The summed E-state index contributed by atoms with van der Waals surface area (Å²) in [5, 5.41) is 2.38. The second kappa shape index (κ2) is 14.4. The minimum atomic E-state index is -0.596. The molecule has 11 aromatic rings. The SMILES string of the molecule is c1ccc(-c2nc(-c3ccccc3)nc(-c3ccc4sc5ccc(-c6ccc(C7(c8ccc9c(c8)Oc8ccccc8O9)c8ccccc8-c8ccccc87)cc6)cc5c4c3)n2)cc1. The molecule has 0 unspecified atom stereocenters. The fourth-order valence-corrected chi connectivity index (χ4v) is 10.8. The third-order valence-electron chi connectivity index (χ3n) is 12.7. The van der Waals surface area contributed by atoms with Crippen LogP contribution < -0.4 is 9.47 Å². The minimum Gasteiger partial charge on any atom is -0.450 e. The minimum absolute atomic E-state index is 0.596. The van der Waals surface area contributed by atoms with E-state index in [4.69, 9.17) is 24.4 Å². The van der Waals surface area contributed by atoms with Crippen molar-refractivity contribution in [2.75, 3.05) is 0 Å². The van der Waals surface area contributed by atoms with Gasteiger partial charge in [-0.3, -0.25) is 0 Å². The molecule has 13 rings (SSSR count). The van der Waals surface area contributed by atoms with Crippen molar-refractivity contribution in [2.24, 2.45) is 0 Å². The van der Waals surface area contributed by atoms with E-state index in [0.29, 0.717) is 34.7 Å². The maximum atomic E-state index is 6.52. The number of thiophene rings is 1. The van der Waals surface area contributed by atoms with Crippen molar-refractivity contribution in [3.05, 3.63) is 235 Å². The Morgan fingerprint density at radius 1 is 0.328 bits per heavy atom. The van der Waals surface area contributed by atoms with Crippen LogP contribution in [0.15, 0.2) is 212 Å². The average molecular weight is 838 g/mol. The summed E-state index contributed by atoms with van der Waals surface area (Å²) in [4.78, 5) is 15.0. The van der Waals surface area contributed by atoms with Crippen LogP contribution in [-0.4, -0.2) is 15.0 Å². The van der Waals surface area contributed by atoms with E-state index in [9.17, 15) is 0 Å². The number of hydrogen-bond donors (Lipinski definition) is 0. The van der Waals surface area contributed by atoms with Crippen molar-refractivity contribution in [3.63, 3.8) is 0 Å². The van der Waals surface area contributed by atoms with Gasteiger partial charge < -0.3 is 9.47 Å². The average Bonchev–Trinajstić information content (AvgIpc) is 3.89. The fraction of sp³-hybridized carbons (Fsp3) is 0.0172. The van der Waals surface area contributed by atoms with Gasteiger partial charge in [-0.25, -0.2) is 15.0 Å². The molecule has 300 valence electrons. The predicted octanol–water partition coefficient (Wildman–Crippen LogP) is 15.2. The summed E-state index contributed by atoms with van der Waals surface area (Å²) in [6.45, 7) is 0. The molecule has 3 heterocycles. The number of ether oxygens (including phenoxy) is 2. The monoisotopic (exact) mass is 837 g/mol. The number of para-hydroxylation sites is 2. The van der Waals surface area contributed by atoms with Gasteiger partial charge in [-0.1, -0.05) is 158 Å². The molecule has 0 atom stereocenters. The molecule has 0 saturated carbocycles. The smallest absolute Gasteiger partial charge is 0.170 e. The summed E-state index contributed by atoms with van der Waals surface area (Å²) in [6, 6.07) is 74.7. The van der Waals surface area contributed by atoms with E-state index in [1.807, 2.05) is 84.9 Å². The van der Waals surface area contributed by atoms with E-state index in [0.717, 1.165) is 39.1 Å². The van der Waals surface area contributed by atoms with Gasteiger partial charge in [0.2, 0.25) is 0 Å². The molecule has 0 spiro atoms. The first-order valence-electron chi connectivity index (χ1n) is 21.4. The summed E-state index contributed by atoms with van der Waals surface area (Å²) in [5.41, 5.74) is 11.8. The molecule has 6 heteroatoms. The molecule has 0 N–H and O–H groups in total. The Bertz CT molecular complexity index is 3520. The Hall–Kier alpha value is -8.19. The van der Waals surface area contributed by atoms with Gasteiger partial charge in [-0.15, -0.1) is 11.3 Å². The van der Waals surface area contributed by atoms with Crippen molar-refractivity contribution >= 4 is 31.5 Å². The highest BCUT2D eigenvalue weighted by Crippen LogP contribution is 2.58. The van der Waals surface area contributed by atoms with E-state index in [-0.39, 0.29) is 0 Å². The number of rotatable bonds is 6. The van der Waals surface area contributed by atoms with Crippen LogP contribution in [0.3, 0.4) is 0 Å². The maximum absolute atomic E-state index is 6.52. The van der Waals surface area contributed by atoms with Crippen LogP contribution in [0.25, 0.3) is 76.6 Å². The molecule has 2 aliphatic rings. The quantitative estimate of drug-likeness (QED) is 0.167. The molecule has 9 aromatic carbocycles. The van der Waals surface area contributed by atoms with Gasteiger partial charge in [0.05, 0.1) is 5.41 Å². The normalized spacial score (nSPS) is 13.1. The van der Waals surface area contributed by atoms with Crippen molar-refractivity contribution in [1.29, 1.82) is 0 Å². The van der Waals surface area contributed by atoms with Crippen molar-refractivity contribution in [1.82, 2.24) is 15.0 Å². The Morgan fingerprint density at radius 3 is 1.39 bits per heavy atom. The lowest BCUT2D eigenvalue weighted by Crippen LogP contribution is -2.28. The molecular formula is C58H35N3O2S. The van der Waals surface area contributed by atoms with Crippen LogP contribution in [0, 0.1) is 0 Å². The van der Waals surface area contributed by atoms with Gasteiger partial charge in [0.15, 0.2) is 40.5 Å². The van der Waals surface area contributed by atoms with Crippen LogP contribution in [0.5, 0.6) is 23.0 Å². The first kappa shape index (κ1) is 36.5. The predicted molar refractivity (Wildman–Crippen MR) is 258 cm³/mol. The summed E-state index contributed by atoms with van der Waals surface area (Å²) in [6.07, 6.45) is 0. The standard InChI is InChI=1S/C58H35N3O2S/c1-3-13-37(14-4-1)55-59-56(38-15-5-2-6-16-38)61-57(60-55)40-26-32-54-46(34-40)45-33-39(25-31-53(45)64-54)36-23-27-41(28-24-36)58(47-19-9-7-17-43(47)44-18-8-10-20-48(44)58)42-29-30-51-52(35-42)63-50-22-12-11-21-49(50)62-51/h1-35H. The summed E-state index contributed by atoms with van der Waals surface area (Å²) < 4.78 is 15.3. The molecule has 2 aromatic heterocycles. The van der Waals surface area contributed by atoms with Crippen LogP contribution in [0.4, 0.5) is 0 Å².